The van der Waals surface area contributed by atoms with Crippen molar-refractivity contribution in [1.82, 2.24) is 0 Å². The second-order valence-corrected chi connectivity index (χ2v) is 6.82. The molecule has 0 aromatic rings. The number of hydrogen-bond acceptors (Lipinski definition) is 4. The van der Waals surface area contributed by atoms with E-state index in [0.29, 0.717) is 0 Å². The van der Waals surface area contributed by atoms with Gasteiger partial charge < -0.3 is 14.6 Å². The molecule has 0 saturated carbocycles. The summed E-state index contributed by atoms with van der Waals surface area (Å²) >= 11 is 0. The van der Waals surface area contributed by atoms with E-state index < -0.39 is 11.5 Å². The van der Waals surface area contributed by atoms with Crippen LogP contribution in [0.1, 0.15) is 55.4 Å². The largest absolute Gasteiger partial charge is 0.465 e. The summed E-state index contributed by atoms with van der Waals surface area (Å²) in [5.41, 5.74) is -0.390. The van der Waals surface area contributed by atoms with E-state index in [0.717, 1.165) is 6.29 Å². The third kappa shape index (κ3) is 9.96. The molecule has 0 saturated heterocycles. The van der Waals surface area contributed by atoms with Gasteiger partial charge in [0, 0.05) is 11.3 Å². The first-order valence-corrected chi connectivity index (χ1v) is 7.25. The normalized spacial score (nSPS) is 13.0. The van der Waals surface area contributed by atoms with Crippen molar-refractivity contribution in [3.8, 4) is 0 Å². The van der Waals surface area contributed by atoms with Gasteiger partial charge in [-0.3, -0.25) is 4.79 Å². The Bertz CT molecular complexity index is 280. The summed E-state index contributed by atoms with van der Waals surface area (Å²) in [4.78, 5) is 20.8. The number of ether oxygens (including phenoxy) is 1. The number of esters is 1. The molecule has 20 heavy (non-hydrogen) atoms. The minimum Gasteiger partial charge on any atom is -0.465 e. The van der Waals surface area contributed by atoms with Gasteiger partial charge in [-0.25, -0.2) is 0 Å². The zero-order valence-electron chi connectivity index (χ0n) is 14.3. The SMILES string of the molecule is CC(C)C(=O)OCC(C)(C)C(O)C(C)C.CC(C)C=O. The first-order chi connectivity index (χ1) is 8.95. The minimum absolute atomic E-state index is 0.114. The van der Waals surface area contributed by atoms with Crippen molar-refractivity contribution in [3.63, 3.8) is 0 Å². The monoisotopic (exact) mass is 288 g/mol. The molecule has 0 amide bonds. The van der Waals surface area contributed by atoms with E-state index in [9.17, 15) is 14.7 Å². The van der Waals surface area contributed by atoms with Gasteiger partial charge in [0.1, 0.15) is 6.29 Å². The van der Waals surface area contributed by atoms with Gasteiger partial charge in [-0.15, -0.1) is 0 Å². The molecule has 0 rings (SSSR count). The Morgan fingerprint density at radius 3 is 1.80 bits per heavy atom. The van der Waals surface area contributed by atoms with Crippen molar-refractivity contribution in [3.05, 3.63) is 0 Å². The highest BCUT2D eigenvalue weighted by Crippen LogP contribution is 2.26. The maximum Gasteiger partial charge on any atom is 0.308 e. The summed E-state index contributed by atoms with van der Waals surface area (Å²) in [5.74, 6) is 0.0452. The number of aldehydes is 1. The van der Waals surface area contributed by atoms with Crippen LogP contribution in [0, 0.1) is 23.2 Å². The number of carbonyl (C=O) groups is 2. The molecule has 120 valence electrons. The van der Waals surface area contributed by atoms with Gasteiger partial charge >= 0.3 is 5.97 Å². The van der Waals surface area contributed by atoms with Crippen LogP contribution in [0.2, 0.25) is 0 Å². The van der Waals surface area contributed by atoms with Gasteiger partial charge in [-0.2, -0.15) is 0 Å². The molecule has 4 heteroatoms. The second-order valence-electron chi connectivity index (χ2n) is 6.82. The topological polar surface area (TPSA) is 63.6 Å². The van der Waals surface area contributed by atoms with E-state index in [1.807, 2.05) is 41.5 Å². The number of aliphatic hydroxyl groups excluding tert-OH is 1. The molecule has 0 aliphatic heterocycles. The summed E-state index contributed by atoms with van der Waals surface area (Å²) in [6.07, 6.45) is 0.456. The Hall–Kier alpha value is -0.900. The summed E-state index contributed by atoms with van der Waals surface area (Å²) in [6, 6.07) is 0. The smallest absolute Gasteiger partial charge is 0.308 e. The van der Waals surface area contributed by atoms with E-state index in [4.69, 9.17) is 4.74 Å². The Balaban J connectivity index is 0. The van der Waals surface area contributed by atoms with Crippen LogP contribution in [0.15, 0.2) is 0 Å². The number of carbonyl (C=O) groups excluding carboxylic acids is 2. The van der Waals surface area contributed by atoms with Crippen LogP contribution in [0.4, 0.5) is 0 Å². The van der Waals surface area contributed by atoms with Gasteiger partial charge in [0.25, 0.3) is 0 Å². The van der Waals surface area contributed by atoms with E-state index in [-0.39, 0.29) is 30.3 Å². The first kappa shape index (κ1) is 21.4. The summed E-state index contributed by atoms with van der Waals surface area (Å²) in [5, 5.41) is 9.91. The van der Waals surface area contributed by atoms with Crippen molar-refractivity contribution in [2.75, 3.05) is 6.61 Å². The predicted molar refractivity (Wildman–Crippen MR) is 81.3 cm³/mol. The zero-order valence-corrected chi connectivity index (χ0v) is 14.3. The molecule has 1 N–H and O–H groups in total. The van der Waals surface area contributed by atoms with Crippen molar-refractivity contribution in [2.24, 2.45) is 23.2 Å². The molecule has 0 bridgehead atoms. The minimum atomic E-state index is -0.461. The van der Waals surface area contributed by atoms with Crippen LogP contribution in [0.3, 0.4) is 0 Å². The van der Waals surface area contributed by atoms with Crippen LogP contribution in [-0.4, -0.2) is 30.1 Å². The van der Waals surface area contributed by atoms with Crippen LogP contribution in [0.5, 0.6) is 0 Å². The van der Waals surface area contributed by atoms with E-state index >= 15 is 0 Å². The zero-order chi connectivity index (χ0) is 16.5. The highest BCUT2D eigenvalue weighted by Gasteiger charge is 2.31. The number of rotatable bonds is 6. The Kier molecular flexibility index (Phi) is 10.6. The van der Waals surface area contributed by atoms with Gasteiger partial charge in [-0.1, -0.05) is 55.4 Å². The van der Waals surface area contributed by atoms with Gasteiger partial charge in [-0.05, 0) is 5.92 Å². The highest BCUT2D eigenvalue weighted by atomic mass is 16.5. The van der Waals surface area contributed by atoms with Crippen molar-refractivity contribution >= 4 is 12.3 Å². The molecule has 0 aromatic carbocycles. The molecule has 0 aromatic heterocycles. The van der Waals surface area contributed by atoms with Crippen LogP contribution in [-0.2, 0) is 14.3 Å². The van der Waals surface area contributed by atoms with Gasteiger partial charge in [0.15, 0.2) is 0 Å². The molecule has 1 atom stereocenters. The fourth-order valence-electron chi connectivity index (χ4n) is 1.41. The quantitative estimate of drug-likeness (QED) is 0.602. The lowest BCUT2D eigenvalue weighted by molar-refractivity contribution is -0.153. The molecule has 0 spiro atoms. The molecule has 0 heterocycles. The van der Waals surface area contributed by atoms with Crippen LogP contribution < -0.4 is 0 Å². The number of aliphatic hydroxyl groups is 1. The highest BCUT2D eigenvalue weighted by molar-refractivity contribution is 5.71. The second kappa shape index (κ2) is 9.92. The van der Waals surface area contributed by atoms with Gasteiger partial charge in [0.05, 0.1) is 18.6 Å². The van der Waals surface area contributed by atoms with Gasteiger partial charge in [0.2, 0.25) is 0 Å². The third-order valence-electron chi connectivity index (χ3n) is 2.76. The molecule has 0 aliphatic rings. The molecule has 1 unspecified atom stereocenters. The standard InChI is InChI=1S/C12H24O3.C4H8O/c1-8(2)10(13)12(5,6)7-15-11(14)9(3)4;1-4(2)3-5/h8-10,13H,7H2,1-6H3;3-4H,1-2H3. The summed E-state index contributed by atoms with van der Waals surface area (Å²) in [7, 11) is 0. The first-order valence-electron chi connectivity index (χ1n) is 7.25. The summed E-state index contributed by atoms with van der Waals surface area (Å²) < 4.78 is 5.14. The molecule has 0 aliphatic carbocycles. The number of hydrogen-bond donors (Lipinski definition) is 1. The molecule has 4 nitrogen and oxygen atoms in total. The fourth-order valence-corrected chi connectivity index (χ4v) is 1.41. The maximum atomic E-state index is 11.3. The Morgan fingerprint density at radius 1 is 1.15 bits per heavy atom. The van der Waals surface area contributed by atoms with E-state index in [1.54, 1.807) is 13.8 Å². The van der Waals surface area contributed by atoms with Crippen molar-refractivity contribution in [1.29, 1.82) is 0 Å². The lowest BCUT2D eigenvalue weighted by atomic mass is 9.81. The van der Waals surface area contributed by atoms with Crippen LogP contribution in [0.25, 0.3) is 0 Å². The summed E-state index contributed by atoms with van der Waals surface area (Å²) in [6.45, 7) is 15.3. The average molecular weight is 288 g/mol. The van der Waals surface area contributed by atoms with Crippen LogP contribution >= 0.6 is 0 Å². The lowest BCUT2D eigenvalue weighted by Gasteiger charge is -2.32. The van der Waals surface area contributed by atoms with E-state index in [1.165, 1.54) is 0 Å². The lowest BCUT2D eigenvalue weighted by Crippen LogP contribution is -2.38. The fraction of sp³-hybridized carbons (Fsp3) is 0.875. The predicted octanol–water partition coefficient (Wildman–Crippen LogP) is 3.07. The van der Waals surface area contributed by atoms with E-state index in [2.05, 4.69) is 0 Å². The van der Waals surface area contributed by atoms with Crippen molar-refractivity contribution in [2.45, 2.75) is 61.5 Å². The Labute approximate surface area is 123 Å². The van der Waals surface area contributed by atoms with Crippen molar-refractivity contribution < 1.29 is 19.4 Å². The molecular formula is C16H32O4. The molecular weight excluding hydrogens is 256 g/mol. The third-order valence-corrected chi connectivity index (χ3v) is 2.76. The molecule has 0 radical (unpaired) electrons. The average Bonchev–Trinajstić information content (AvgIpc) is 2.35. The Morgan fingerprint density at radius 2 is 1.55 bits per heavy atom. The molecule has 0 fully saturated rings. The maximum absolute atomic E-state index is 11.3.